The number of nitrogens with zero attached hydrogens (tertiary/aromatic N) is 4. The van der Waals surface area contributed by atoms with Crippen LogP contribution in [0.2, 0.25) is 0 Å². The molecule has 0 aliphatic carbocycles. The van der Waals surface area contributed by atoms with Gasteiger partial charge in [0.1, 0.15) is 5.82 Å². The molecule has 88 valence electrons. The van der Waals surface area contributed by atoms with E-state index < -0.39 is 0 Å². The minimum absolute atomic E-state index is 0.867. The first-order valence-corrected chi connectivity index (χ1v) is 5.72. The molecule has 2 heterocycles. The summed E-state index contributed by atoms with van der Waals surface area (Å²) >= 11 is 0. The summed E-state index contributed by atoms with van der Waals surface area (Å²) in [6.07, 6.45) is 8.48. The van der Waals surface area contributed by atoms with E-state index in [9.17, 15) is 0 Å². The Bertz CT molecular complexity index is 487. The van der Waals surface area contributed by atoms with Crippen molar-refractivity contribution >= 4 is 0 Å². The van der Waals surface area contributed by atoms with Gasteiger partial charge in [-0.3, -0.25) is 4.98 Å². The number of aryl methyl sites for hydroxylation is 1. The molecule has 4 nitrogen and oxygen atoms in total. The number of allylic oxidation sites excluding steroid dienone is 1. The average Bonchev–Trinajstić information content (AvgIpc) is 2.73. The van der Waals surface area contributed by atoms with Crippen molar-refractivity contribution in [1.29, 1.82) is 0 Å². The molecule has 0 spiro atoms. The van der Waals surface area contributed by atoms with Crippen LogP contribution in [0.25, 0.3) is 11.4 Å². The fraction of sp³-hybridized carbons (Fsp3) is 0.308. The second-order valence-corrected chi connectivity index (χ2v) is 3.92. The summed E-state index contributed by atoms with van der Waals surface area (Å²) in [4.78, 5) is 4.09. The van der Waals surface area contributed by atoms with Crippen LogP contribution in [0.3, 0.4) is 0 Å². The summed E-state index contributed by atoms with van der Waals surface area (Å²) < 4.78 is 2.03. The molecular formula is C13H16N4. The largest absolute Gasteiger partial charge is 0.314 e. The molecule has 0 radical (unpaired) electrons. The third-order valence-electron chi connectivity index (χ3n) is 2.69. The molecule has 17 heavy (non-hydrogen) atoms. The van der Waals surface area contributed by atoms with Crippen molar-refractivity contribution in [2.75, 3.05) is 0 Å². The average molecular weight is 228 g/mol. The van der Waals surface area contributed by atoms with Gasteiger partial charge in [-0.2, -0.15) is 0 Å². The third kappa shape index (κ3) is 2.58. The van der Waals surface area contributed by atoms with Crippen molar-refractivity contribution in [3.05, 3.63) is 43.0 Å². The first-order valence-electron chi connectivity index (χ1n) is 5.72. The van der Waals surface area contributed by atoms with Gasteiger partial charge in [0.05, 0.1) is 0 Å². The van der Waals surface area contributed by atoms with Gasteiger partial charge < -0.3 is 4.57 Å². The van der Waals surface area contributed by atoms with Crippen LogP contribution in [0.5, 0.6) is 0 Å². The van der Waals surface area contributed by atoms with E-state index in [4.69, 9.17) is 0 Å². The van der Waals surface area contributed by atoms with Gasteiger partial charge in [0.25, 0.3) is 0 Å². The van der Waals surface area contributed by atoms with Crippen LogP contribution in [0.1, 0.15) is 18.7 Å². The number of pyridine rings is 1. The second-order valence-electron chi connectivity index (χ2n) is 3.92. The molecule has 0 N–H and O–H groups in total. The van der Waals surface area contributed by atoms with E-state index >= 15 is 0 Å². The molecule has 2 aromatic rings. The van der Waals surface area contributed by atoms with Crippen molar-refractivity contribution in [2.45, 2.75) is 19.3 Å². The minimum Gasteiger partial charge on any atom is -0.314 e. The Kier molecular flexibility index (Phi) is 3.65. The van der Waals surface area contributed by atoms with E-state index in [2.05, 4.69) is 21.8 Å². The lowest BCUT2D eigenvalue weighted by Crippen LogP contribution is -1.99. The van der Waals surface area contributed by atoms with Crippen molar-refractivity contribution in [2.24, 2.45) is 7.05 Å². The van der Waals surface area contributed by atoms with E-state index in [1.165, 1.54) is 0 Å². The van der Waals surface area contributed by atoms with Crippen LogP contribution in [0.15, 0.2) is 37.2 Å². The molecule has 0 aliphatic rings. The summed E-state index contributed by atoms with van der Waals surface area (Å²) in [5.41, 5.74) is 0.998. The predicted octanol–water partition coefficient (Wildman–Crippen LogP) is 2.39. The van der Waals surface area contributed by atoms with Crippen LogP contribution in [0, 0.1) is 0 Å². The molecule has 0 aliphatic heterocycles. The van der Waals surface area contributed by atoms with E-state index in [1.807, 2.05) is 29.8 Å². The highest BCUT2D eigenvalue weighted by Gasteiger charge is 2.09. The van der Waals surface area contributed by atoms with Crippen LogP contribution in [0.4, 0.5) is 0 Å². The highest BCUT2D eigenvalue weighted by Crippen LogP contribution is 2.16. The third-order valence-corrected chi connectivity index (χ3v) is 2.69. The summed E-state index contributed by atoms with van der Waals surface area (Å²) in [5, 5.41) is 8.43. The number of aromatic nitrogens is 4. The summed E-state index contributed by atoms with van der Waals surface area (Å²) in [5.74, 6) is 1.87. The lowest BCUT2D eigenvalue weighted by atomic mass is 10.2. The van der Waals surface area contributed by atoms with E-state index in [-0.39, 0.29) is 0 Å². The molecular weight excluding hydrogens is 212 g/mol. The molecule has 0 fully saturated rings. The molecule has 0 amide bonds. The highest BCUT2D eigenvalue weighted by molar-refractivity contribution is 5.53. The van der Waals surface area contributed by atoms with Gasteiger partial charge in [-0.25, -0.2) is 0 Å². The van der Waals surface area contributed by atoms with E-state index in [0.29, 0.717) is 0 Å². The highest BCUT2D eigenvalue weighted by atomic mass is 15.3. The Morgan fingerprint density at radius 1 is 1.41 bits per heavy atom. The van der Waals surface area contributed by atoms with Gasteiger partial charge in [-0.1, -0.05) is 6.08 Å². The smallest absolute Gasteiger partial charge is 0.165 e. The van der Waals surface area contributed by atoms with Gasteiger partial charge in [0, 0.05) is 31.4 Å². The molecule has 0 unspecified atom stereocenters. The normalized spacial score (nSPS) is 10.4. The van der Waals surface area contributed by atoms with E-state index in [0.717, 1.165) is 36.5 Å². The summed E-state index contributed by atoms with van der Waals surface area (Å²) in [6.45, 7) is 3.72. The maximum Gasteiger partial charge on any atom is 0.165 e. The van der Waals surface area contributed by atoms with Crippen LogP contribution in [-0.4, -0.2) is 19.7 Å². The molecule has 0 bridgehead atoms. The number of hydrogen-bond acceptors (Lipinski definition) is 3. The van der Waals surface area contributed by atoms with Gasteiger partial charge >= 0.3 is 0 Å². The molecule has 0 saturated heterocycles. The van der Waals surface area contributed by atoms with Crippen molar-refractivity contribution in [1.82, 2.24) is 19.7 Å². The number of unbranched alkanes of at least 4 members (excludes halogenated alkanes) is 1. The van der Waals surface area contributed by atoms with Gasteiger partial charge in [-0.15, -0.1) is 16.8 Å². The second kappa shape index (κ2) is 5.39. The monoisotopic (exact) mass is 228 g/mol. The molecule has 2 aromatic heterocycles. The Labute approximate surface area is 101 Å². The van der Waals surface area contributed by atoms with Gasteiger partial charge in [0.2, 0.25) is 0 Å². The molecule has 0 atom stereocenters. The molecule has 0 aromatic carbocycles. The zero-order valence-electron chi connectivity index (χ0n) is 10.0. The zero-order chi connectivity index (χ0) is 12.1. The maximum absolute atomic E-state index is 4.21. The predicted molar refractivity (Wildman–Crippen MR) is 67.4 cm³/mol. The molecule has 4 heteroatoms. The number of rotatable bonds is 5. The molecule has 2 rings (SSSR count). The Balaban J connectivity index is 2.18. The standard InChI is InChI=1S/C13H16N4/c1-3-4-5-8-12-15-16-13(17(12)2)11-7-6-9-14-10-11/h3,6-7,9-10H,1,4-5,8H2,2H3. The SMILES string of the molecule is C=CCCCc1nnc(-c2cccnc2)n1C. The van der Waals surface area contributed by atoms with Crippen molar-refractivity contribution in [3.63, 3.8) is 0 Å². The maximum atomic E-state index is 4.21. The Hall–Kier alpha value is -1.97. The number of hydrogen-bond donors (Lipinski definition) is 0. The first kappa shape index (κ1) is 11.5. The molecule has 0 saturated carbocycles. The fourth-order valence-corrected chi connectivity index (χ4v) is 1.73. The summed E-state index contributed by atoms with van der Waals surface area (Å²) in [7, 11) is 1.99. The topological polar surface area (TPSA) is 43.6 Å². The van der Waals surface area contributed by atoms with Crippen molar-refractivity contribution < 1.29 is 0 Å². The zero-order valence-corrected chi connectivity index (χ0v) is 10.0. The van der Waals surface area contributed by atoms with Gasteiger partial charge in [0.15, 0.2) is 5.82 Å². The quantitative estimate of drug-likeness (QED) is 0.583. The van der Waals surface area contributed by atoms with Crippen LogP contribution in [-0.2, 0) is 13.5 Å². The first-order chi connectivity index (χ1) is 8.33. The Morgan fingerprint density at radius 3 is 3.00 bits per heavy atom. The Morgan fingerprint density at radius 2 is 2.29 bits per heavy atom. The van der Waals surface area contributed by atoms with Crippen molar-refractivity contribution in [3.8, 4) is 11.4 Å². The van der Waals surface area contributed by atoms with E-state index in [1.54, 1.807) is 12.4 Å². The van der Waals surface area contributed by atoms with Crippen LogP contribution < -0.4 is 0 Å². The lowest BCUT2D eigenvalue weighted by molar-refractivity contribution is 0.733. The minimum atomic E-state index is 0.867. The van der Waals surface area contributed by atoms with Crippen LogP contribution >= 0.6 is 0 Å². The fourth-order valence-electron chi connectivity index (χ4n) is 1.73. The lowest BCUT2D eigenvalue weighted by Gasteiger charge is -2.02. The summed E-state index contributed by atoms with van der Waals surface area (Å²) in [6, 6.07) is 3.89. The van der Waals surface area contributed by atoms with Gasteiger partial charge in [-0.05, 0) is 25.0 Å².